The molecule has 2 atom stereocenters. The minimum Gasteiger partial charge on any atom is -0.258 e. The molecule has 0 N–H and O–H groups in total. The van der Waals surface area contributed by atoms with Crippen molar-refractivity contribution in [2.24, 2.45) is 0 Å². The average Bonchev–Trinajstić information content (AvgIpc) is 3.29. The maximum Gasteiger partial charge on any atom is 0.289 e. The summed E-state index contributed by atoms with van der Waals surface area (Å²) in [6.07, 6.45) is 0. The second kappa shape index (κ2) is 4.94. The van der Waals surface area contributed by atoms with Crippen molar-refractivity contribution >= 4 is 15.7 Å². The summed E-state index contributed by atoms with van der Waals surface area (Å²) < 4.78 is 26.3. The molecular weight excluding hydrogens is 292 g/mol. The summed E-state index contributed by atoms with van der Waals surface area (Å²) in [5.74, 6) is 0. The van der Waals surface area contributed by atoms with Crippen molar-refractivity contribution in [2.75, 3.05) is 6.54 Å². The van der Waals surface area contributed by atoms with E-state index in [2.05, 4.69) is 0 Å². The number of para-hydroxylation sites is 1. The van der Waals surface area contributed by atoms with Crippen LogP contribution in [0.3, 0.4) is 0 Å². The quantitative estimate of drug-likeness (QED) is 0.493. The molecule has 0 spiro atoms. The van der Waals surface area contributed by atoms with Crippen molar-refractivity contribution in [3.63, 3.8) is 0 Å². The minimum atomic E-state index is -3.85. The normalized spacial score (nSPS) is 21.0. The van der Waals surface area contributed by atoms with Crippen molar-refractivity contribution in [2.45, 2.75) is 10.9 Å². The van der Waals surface area contributed by atoms with Crippen molar-refractivity contribution in [3.8, 4) is 0 Å². The van der Waals surface area contributed by atoms with E-state index in [1.165, 1.54) is 28.6 Å². The van der Waals surface area contributed by atoms with E-state index in [9.17, 15) is 18.5 Å². The van der Waals surface area contributed by atoms with E-state index in [1.54, 1.807) is 0 Å². The second-order valence-electron chi connectivity index (χ2n) is 4.73. The van der Waals surface area contributed by atoms with Crippen LogP contribution < -0.4 is 0 Å². The second-order valence-corrected chi connectivity index (χ2v) is 6.59. The molecule has 0 radical (unpaired) electrons. The van der Waals surface area contributed by atoms with Gasteiger partial charge in [0.15, 0.2) is 4.90 Å². The van der Waals surface area contributed by atoms with Gasteiger partial charge in [0.25, 0.3) is 15.7 Å². The number of sulfonamides is 1. The van der Waals surface area contributed by atoms with Crippen molar-refractivity contribution in [1.29, 1.82) is 0 Å². The number of hydrogen-bond acceptors (Lipinski definition) is 4. The number of rotatable bonds is 4. The molecule has 6 nitrogen and oxygen atoms in total. The zero-order valence-electron chi connectivity index (χ0n) is 10.9. The molecule has 2 aromatic carbocycles. The Morgan fingerprint density at radius 3 is 2.33 bits per heavy atom. The Kier molecular flexibility index (Phi) is 3.23. The van der Waals surface area contributed by atoms with E-state index >= 15 is 0 Å². The molecule has 3 rings (SSSR count). The lowest BCUT2D eigenvalue weighted by Gasteiger charge is -2.07. The summed E-state index contributed by atoms with van der Waals surface area (Å²) in [5, 5.41) is 11.0. The standard InChI is InChI=1S/C14H12N2O4S/c17-16(18)12-8-4-5-9-14(12)21(19,20)15-10-13(15)11-6-2-1-3-7-11/h1-9,13H,10H2/t13-,15?/m0/s1. The molecule has 108 valence electrons. The molecule has 1 heterocycles. The van der Waals surface area contributed by atoms with Gasteiger partial charge < -0.3 is 0 Å². The van der Waals surface area contributed by atoms with E-state index < -0.39 is 20.6 Å². The third-order valence-corrected chi connectivity index (χ3v) is 5.32. The van der Waals surface area contributed by atoms with Gasteiger partial charge in [0.2, 0.25) is 0 Å². The number of nitro groups is 1. The molecule has 0 bridgehead atoms. The van der Waals surface area contributed by atoms with Gasteiger partial charge in [-0.1, -0.05) is 42.5 Å². The number of nitrogens with zero attached hydrogens (tertiary/aromatic N) is 2. The Balaban J connectivity index is 1.95. The lowest BCUT2D eigenvalue weighted by atomic mass is 10.2. The SMILES string of the molecule is O=[N+]([O-])c1ccccc1S(=O)(=O)N1C[C@H]1c1ccccc1. The van der Waals surface area contributed by atoms with Gasteiger partial charge in [-0.2, -0.15) is 4.31 Å². The molecule has 1 unspecified atom stereocenters. The predicted octanol–water partition coefficient (Wildman–Crippen LogP) is 2.34. The van der Waals surface area contributed by atoms with E-state index in [1.807, 2.05) is 30.3 Å². The fourth-order valence-electron chi connectivity index (χ4n) is 2.29. The molecular formula is C14H12N2O4S. The predicted molar refractivity (Wildman–Crippen MR) is 76.2 cm³/mol. The molecule has 21 heavy (non-hydrogen) atoms. The third-order valence-electron chi connectivity index (χ3n) is 3.40. The van der Waals surface area contributed by atoms with Crippen LogP contribution in [0.4, 0.5) is 5.69 Å². The van der Waals surface area contributed by atoms with Crippen LogP contribution in [0, 0.1) is 10.1 Å². The molecule has 1 aliphatic heterocycles. The summed E-state index contributed by atoms with van der Waals surface area (Å²) in [6.45, 7) is 0.346. The van der Waals surface area contributed by atoms with E-state index in [4.69, 9.17) is 0 Å². The zero-order chi connectivity index (χ0) is 15.0. The highest BCUT2D eigenvalue weighted by atomic mass is 32.2. The van der Waals surface area contributed by atoms with Gasteiger partial charge in [0.1, 0.15) is 0 Å². The number of nitro benzene ring substituents is 1. The van der Waals surface area contributed by atoms with Crippen LogP contribution in [0.2, 0.25) is 0 Å². The van der Waals surface area contributed by atoms with Gasteiger partial charge >= 0.3 is 0 Å². The summed E-state index contributed by atoms with van der Waals surface area (Å²) in [6, 6.07) is 14.4. The zero-order valence-corrected chi connectivity index (χ0v) is 11.7. The smallest absolute Gasteiger partial charge is 0.258 e. The van der Waals surface area contributed by atoms with Crippen LogP contribution in [0.1, 0.15) is 11.6 Å². The molecule has 1 fully saturated rings. The first kappa shape index (κ1) is 13.7. The van der Waals surface area contributed by atoms with Crippen LogP contribution in [0.15, 0.2) is 59.5 Å². The average molecular weight is 304 g/mol. The Morgan fingerprint density at radius 2 is 1.67 bits per heavy atom. The van der Waals surface area contributed by atoms with Crippen molar-refractivity contribution < 1.29 is 13.3 Å². The minimum absolute atomic E-state index is 0.240. The molecule has 0 aromatic heterocycles. The van der Waals surface area contributed by atoms with Gasteiger partial charge in [0, 0.05) is 12.6 Å². The molecule has 1 saturated heterocycles. The van der Waals surface area contributed by atoms with Crippen LogP contribution in [-0.4, -0.2) is 24.2 Å². The largest absolute Gasteiger partial charge is 0.289 e. The lowest BCUT2D eigenvalue weighted by Crippen LogP contribution is -2.14. The summed E-state index contributed by atoms with van der Waals surface area (Å²) in [7, 11) is -3.85. The lowest BCUT2D eigenvalue weighted by molar-refractivity contribution is -0.387. The number of hydrogen-bond donors (Lipinski definition) is 0. The van der Waals surface area contributed by atoms with Gasteiger partial charge in [-0.25, -0.2) is 8.42 Å². The fraction of sp³-hybridized carbons (Fsp3) is 0.143. The third kappa shape index (κ3) is 2.41. The topological polar surface area (TPSA) is 80.3 Å². The van der Waals surface area contributed by atoms with Crippen LogP contribution >= 0.6 is 0 Å². The highest BCUT2D eigenvalue weighted by Crippen LogP contribution is 2.41. The molecule has 0 saturated carbocycles. The van der Waals surface area contributed by atoms with Gasteiger partial charge in [-0.3, -0.25) is 10.1 Å². The van der Waals surface area contributed by atoms with Crippen LogP contribution in [-0.2, 0) is 10.0 Å². The first-order valence-electron chi connectivity index (χ1n) is 6.32. The van der Waals surface area contributed by atoms with Crippen LogP contribution in [0.5, 0.6) is 0 Å². The Bertz CT molecular complexity index is 790. The number of benzene rings is 2. The first-order valence-corrected chi connectivity index (χ1v) is 7.76. The van der Waals surface area contributed by atoms with Gasteiger partial charge in [0.05, 0.1) is 11.0 Å². The first-order chi connectivity index (χ1) is 10.0. The van der Waals surface area contributed by atoms with Crippen molar-refractivity contribution in [3.05, 3.63) is 70.3 Å². The summed E-state index contributed by atoms with van der Waals surface area (Å²) in [5.41, 5.74) is 0.496. The molecule has 0 aliphatic carbocycles. The van der Waals surface area contributed by atoms with Gasteiger partial charge in [-0.05, 0) is 11.6 Å². The maximum atomic E-state index is 12.5. The molecule has 2 aromatic rings. The Hall–Kier alpha value is -2.25. The van der Waals surface area contributed by atoms with Gasteiger partial charge in [-0.15, -0.1) is 0 Å². The van der Waals surface area contributed by atoms with Crippen LogP contribution in [0.25, 0.3) is 0 Å². The fourth-order valence-corrected chi connectivity index (χ4v) is 3.99. The van der Waals surface area contributed by atoms with Crippen molar-refractivity contribution in [1.82, 2.24) is 4.31 Å². The van der Waals surface area contributed by atoms with E-state index in [0.29, 0.717) is 6.54 Å². The molecule has 1 aliphatic rings. The summed E-state index contributed by atoms with van der Waals surface area (Å²) >= 11 is 0. The summed E-state index contributed by atoms with van der Waals surface area (Å²) in [4.78, 5) is 10.1. The Morgan fingerprint density at radius 1 is 1.05 bits per heavy atom. The maximum absolute atomic E-state index is 12.5. The highest BCUT2D eigenvalue weighted by Gasteiger charge is 2.47. The monoisotopic (exact) mass is 304 g/mol. The van der Waals surface area contributed by atoms with E-state index in [-0.39, 0.29) is 10.9 Å². The Labute approximate surface area is 121 Å². The molecule has 7 heteroatoms. The molecule has 0 amide bonds. The highest BCUT2D eigenvalue weighted by molar-refractivity contribution is 7.89. The van der Waals surface area contributed by atoms with E-state index in [0.717, 1.165) is 5.56 Å².